The number of nitrogens with zero attached hydrogens (tertiary/aromatic N) is 5. The molecule has 3 aromatic heterocycles. The highest BCUT2D eigenvalue weighted by atomic mass is 35.5. The lowest BCUT2D eigenvalue weighted by atomic mass is 10.1. The topological polar surface area (TPSA) is 93.4 Å². The molecule has 2 N–H and O–H groups in total. The van der Waals surface area contributed by atoms with Gasteiger partial charge in [0.2, 0.25) is 0 Å². The third-order valence-corrected chi connectivity index (χ3v) is 4.98. The van der Waals surface area contributed by atoms with E-state index in [1.165, 1.54) is 11.8 Å². The van der Waals surface area contributed by atoms with E-state index >= 15 is 0 Å². The number of rotatable bonds is 3. The van der Waals surface area contributed by atoms with Crippen LogP contribution in [0.25, 0.3) is 28.5 Å². The normalized spacial score (nSPS) is 13.0. The Labute approximate surface area is 173 Å². The van der Waals surface area contributed by atoms with Crippen LogP contribution >= 0.6 is 12.4 Å². The summed E-state index contributed by atoms with van der Waals surface area (Å²) in [4.78, 5) is 15.9. The molecule has 0 spiro atoms. The fourth-order valence-electron chi connectivity index (χ4n) is 3.52. The smallest absolute Gasteiger partial charge is 0.264 e. The van der Waals surface area contributed by atoms with Gasteiger partial charge < -0.3 is 5.32 Å². The molecule has 9 heteroatoms. The average Bonchev–Trinajstić information content (AvgIpc) is 3.35. The maximum absolute atomic E-state index is 11.3. The van der Waals surface area contributed by atoms with Gasteiger partial charge in [-0.2, -0.15) is 10.2 Å². The predicted molar refractivity (Wildman–Crippen MR) is 112 cm³/mol. The van der Waals surface area contributed by atoms with Crippen LogP contribution < -0.4 is 10.9 Å². The summed E-state index contributed by atoms with van der Waals surface area (Å²) in [6, 6.07) is 11.4. The molecule has 0 saturated carbocycles. The zero-order valence-corrected chi connectivity index (χ0v) is 16.6. The SMILES string of the molecule is Cc1ccc(-c2ccc(=O)[nH]n2)cc1-n1ccnc1-c1cc2n(n1)CCNC2.Cl. The van der Waals surface area contributed by atoms with Gasteiger partial charge in [-0.05, 0) is 30.7 Å². The van der Waals surface area contributed by atoms with Crippen molar-refractivity contribution in [2.75, 3.05) is 6.54 Å². The molecular weight excluding hydrogens is 390 g/mol. The number of imidazole rings is 1. The van der Waals surface area contributed by atoms with Crippen molar-refractivity contribution in [3.8, 4) is 28.5 Å². The average molecular weight is 410 g/mol. The van der Waals surface area contributed by atoms with Crippen LogP contribution in [-0.4, -0.2) is 36.1 Å². The van der Waals surface area contributed by atoms with Gasteiger partial charge in [0.15, 0.2) is 5.82 Å². The Bertz CT molecular complexity index is 1180. The number of hydrogen-bond acceptors (Lipinski definition) is 5. The van der Waals surface area contributed by atoms with Crippen molar-refractivity contribution in [2.45, 2.75) is 20.0 Å². The summed E-state index contributed by atoms with van der Waals surface area (Å²) in [7, 11) is 0. The first kappa shape index (κ1) is 19.1. The van der Waals surface area contributed by atoms with Crippen LogP contribution in [0.1, 0.15) is 11.3 Å². The molecule has 5 rings (SSSR count). The number of benzene rings is 1. The summed E-state index contributed by atoms with van der Waals surface area (Å²) < 4.78 is 4.09. The lowest BCUT2D eigenvalue weighted by Gasteiger charge is -2.13. The maximum atomic E-state index is 11.3. The quantitative estimate of drug-likeness (QED) is 0.541. The van der Waals surface area contributed by atoms with Crippen LogP contribution in [0.4, 0.5) is 0 Å². The molecule has 0 fully saturated rings. The molecule has 0 atom stereocenters. The van der Waals surface area contributed by atoms with E-state index in [0.29, 0.717) is 5.69 Å². The number of aromatic amines is 1. The largest absolute Gasteiger partial charge is 0.309 e. The van der Waals surface area contributed by atoms with Gasteiger partial charge in [-0.1, -0.05) is 12.1 Å². The number of aromatic nitrogens is 6. The van der Waals surface area contributed by atoms with E-state index in [-0.39, 0.29) is 18.0 Å². The van der Waals surface area contributed by atoms with E-state index in [1.54, 1.807) is 12.3 Å². The minimum atomic E-state index is -0.216. The van der Waals surface area contributed by atoms with Crippen LogP contribution in [-0.2, 0) is 13.1 Å². The zero-order chi connectivity index (χ0) is 19.1. The molecule has 4 aromatic rings. The standard InChI is InChI=1S/C20H19N7O.ClH/c1-13-2-3-14(16-4-5-19(28)24-23-16)10-18(13)26-8-7-22-20(26)17-11-15-12-21-6-9-27(15)25-17;/h2-5,7-8,10-11,21H,6,9,12H2,1H3,(H,24,28);1H. The molecule has 148 valence electrons. The number of aryl methyl sites for hydroxylation is 1. The first-order chi connectivity index (χ1) is 13.7. The molecule has 4 heterocycles. The predicted octanol–water partition coefficient (Wildman–Crippen LogP) is 2.32. The van der Waals surface area contributed by atoms with Gasteiger partial charge in [0.1, 0.15) is 5.69 Å². The molecule has 1 aliphatic heterocycles. The Hall–Kier alpha value is -3.23. The van der Waals surface area contributed by atoms with E-state index < -0.39 is 0 Å². The van der Waals surface area contributed by atoms with E-state index in [4.69, 9.17) is 5.10 Å². The molecule has 1 aromatic carbocycles. The lowest BCUT2D eigenvalue weighted by molar-refractivity contribution is 0.476. The number of halogens is 1. The van der Waals surface area contributed by atoms with Crippen molar-refractivity contribution in [1.82, 2.24) is 34.8 Å². The van der Waals surface area contributed by atoms with E-state index in [2.05, 4.69) is 39.6 Å². The van der Waals surface area contributed by atoms with Crippen molar-refractivity contribution in [3.63, 3.8) is 0 Å². The Kier molecular flexibility index (Phi) is 5.04. The van der Waals surface area contributed by atoms with E-state index in [0.717, 1.165) is 48.0 Å². The monoisotopic (exact) mass is 409 g/mol. The van der Waals surface area contributed by atoms with Gasteiger partial charge in [0, 0.05) is 37.1 Å². The third kappa shape index (κ3) is 3.48. The molecule has 1 aliphatic rings. The molecule has 0 unspecified atom stereocenters. The van der Waals surface area contributed by atoms with Gasteiger partial charge >= 0.3 is 0 Å². The highest BCUT2D eigenvalue weighted by Gasteiger charge is 2.17. The number of fused-ring (bicyclic) bond motifs is 1. The minimum Gasteiger partial charge on any atom is -0.309 e. The Morgan fingerprint density at radius 2 is 2.00 bits per heavy atom. The van der Waals surface area contributed by atoms with Crippen LogP contribution in [0, 0.1) is 6.92 Å². The summed E-state index contributed by atoms with van der Waals surface area (Å²) in [5.41, 5.74) is 5.55. The molecule has 0 radical (unpaired) electrons. The molecule has 29 heavy (non-hydrogen) atoms. The molecular formula is C20H20ClN7O. The van der Waals surface area contributed by atoms with Crippen molar-refractivity contribution >= 4 is 12.4 Å². The minimum absolute atomic E-state index is 0. The molecule has 0 bridgehead atoms. The van der Waals surface area contributed by atoms with Crippen molar-refractivity contribution in [3.05, 3.63) is 70.4 Å². The Morgan fingerprint density at radius 1 is 1.10 bits per heavy atom. The van der Waals surface area contributed by atoms with Crippen molar-refractivity contribution < 1.29 is 0 Å². The van der Waals surface area contributed by atoms with Gasteiger partial charge in [-0.25, -0.2) is 10.1 Å². The van der Waals surface area contributed by atoms with Gasteiger partial charge in [0.05, 0.1) is 23.6 Å². The molecule has 8 nitrogen and oxygen atoms in total. The fraction of sp³-hybridized carbons (Fsp3) is 0.200. The zero-order valence-electron chi connectivity index (χ0n) is 15.8. The summed E-state index contributed by atoms with van der Waals surface area (Å²) >= 11 is 0. The van der Waals surface area contributed by atoms with Gasteiger partial charge in [0.25, 0.3) is 5.56 Å². The Morgan fingerprint density at radius 3 is 2.79 bits per heavy atom. The third-order valence-electron chi connectivity index (χ3n) is 4.98. The van der Waals surface area contributed by atoms with Crippen molar-refractivity contribution in [1.29, 1.82) is 0 Å². The summed E-state index contributed by atoms with van der Waals surface area (Å²) in [5.74, 6) is 0.802. The van der Waals surface area contributed by atoms with Crippen LogP contribution in [0.15, 0.2) is 53.6 Å². The number of H-pyrrole nitrogens is 1. The second-order valence-electron chi connectivity index (χ2n) is 6.85. The number of hydrogen-bond donors (Lipinski definition) is 2. The van der Waals surface area contributed by atoms with Crippen molar-refractivity contribution in [2.24, 2.45) is 0 Å². The van der Waals surface area contributed by atoms with Crippen LogP contribution in [0.3, 0.4) is 0 Å². The lowest BCUT2D eigenvalue weighted by Crippen LogP contribution is -2.28. The van der Waals surface area contributed by atoms with Crippen LogP contribution in [0.2, 0.25) is 0 Å². The summed E-state index contributed by atoms with van der Waals surface area (Å²) in [6.07, 6.45) is 3.73. The van der Waals surface area contributed by atoms with E-state index in [9.17, 15) is 4.79 Å². The maximum Gasteiger partial charge on any atom is 0.264 e. The molecule has 0 saturated heterocycles. The Balaban J connectivity index is 0.00000205. The second kappa shape index (κ2) is 7.65. The first-order valence-corrected chi connectivity index (χ1v) is 9.17. The molecule has 0 amide bonds. The highest BCUT2D eigenvalue weighted by molar-refractivity contribution is 5.85. The van der Waals surface area contributed by atoms with Gasteiger partial charge in [-0.15, -0.1) is 12.4 Å². The highest BCUT2D eigenvalue weighted by Crippen LogP contribution is 2.27. The summed E-state index contributed by atoms with van der Waals surface area (Å²) in [5, 5.41) is 14.7. The first-order valence-electron chi connectivity index (χ1n) is 9.17. The second-order valence-corrected chi connectivity index (χ2v) is 6.85. The molecule has 0 aliphatic carbocycles. The van der Waals surface area contributed by atoms with E-state index in [1.807, 2.05) is 27.6 Å². The van der Waals surface area contributed by atoms with Crippen LogP contribution in [0.5, 0.6) is 0 Å². The van der Waals surface area contributed by atoms with Gasteiger partial charge in [-0.3, -0.25) is 14.0 Å². The fourth-order valence-corrected chi connectivity index (χ4v) is 3.52. The summed E-state index contributed by atoms with van der Waals surface area (Å²) in [6.45, 7) is 4.67. The number of nitrogens with one attached hydrogen (secondary N) is 2.